The number of benzene rings is 4. The lowest BCUT2D eigenvalue weighted by Crippen LogP contribution is -1.96. The average molecular weight is 389 g/mol. The lowest BCUT2D eigenvalue weighted by molar-refractivity contribution is 1.02. The van der Waals surface area contributed by atoms with Crippen LogP contribution >= 0.6 is 0 Å². The molecule has 0 spiro atoms. The molecule has 4 aromatic rings. The maximum atomic E-state index is 2.43. The molecule has 0 aliphatic heterocycles. The van der Waals surface area contributed by atoms with Crippen LogP contribution < -0.4 is 0 Å². The third-order valence-corrected chi connectivity index (χ3v) is 6.45. The van der Waals surface area contributed by atoms with Crippen LogP contribution in [-0.4, -0.2) is 0 Å². The molecule has 0 amide bonds. The molecule has 0 aromatic heterocycles. The van der Waals surface area contributed by atoms with Gasteiger partial charge in [-0.3, -0.25) is 0 Å². The summed E-state index contributed by atoms with van der Waals surface area (Å²) in [5.74, 6) is 1.17. The predicted octanol–water partition coefficient (Wildman–Crippen LogP) is 8.22. The highest BCUT2D eigenvalue weighted by Gasteiger charge is 2.42. The highest BCUT2D eigenvalue weighted by molar-refractivity contribution is 5.75. The second-order valence-electron chi connectivity index (χ2n) is 8.82. The van der Waals surface area contributed by atoms with Crippen molar-refractivity contribution in [3.05, 3.63) is 119 Å². The summed E-state index contributed by atoms with van der Waals surface area (Å²) in [5, 5.41) is 0. The average Bonchev–Trinajstić information content (AvgIpc) is 3.55. The van der Waals surface area contributed by atoms with Crippen molar-refractivity contribution in [2.45, 2.75) is 39.0 Å². The number of rotatable bonds is 4. The Hall–Kier alpha value is -3.12. The normalized spacial score (nSPS) is 17.7. The smallest absolute Gasteiger partial charge is 0.00803 e. The molecule has 0 radical (unpaired) electrons. The molecular formula is C30H28. The van der Waals surface area contributed by atoms with Gasteiger partial charge in [0.1, 0.15) is 0 Å². The Morgan fingerprint density at radius 3 is 1.87 bits per heavy atom. The molecule has 0 N–H and O–H groups in total. The lowest BCUT2D eigenvalue weighted by atomic mass is 9.88. The number of aryl methyl sites for hydroxylation is 3. The Balaban J connectivity index is 1.59. The van der Waals surface area contributed by atoms with E-state index in [9.17, 15) is 0 Å². The minimum Gasteiger partial charge on any atom is -0.0622 e. The monoisotopic (exact) mass is 388 g/mol. The van der Waals surface area contributed by atoms with Crippen LogP contribution in [0.2, 0.25) is 0 Å². The van der Waals surface area contributed by atoms with Gasteiger partial charge in [-0.25, -0.2) is 0 Å². The van der Waals surface area contributed by atoms with Gasteiger partial charge in [-0.15, -0.1) is 0 Å². The highest BCUT2D eigenvalue weighted by Crippen LogP contribution is 2.58. The van der Waals surface area contributed by atoms with E-state index in [2.05, 4.69) is 112 Å². The van der Waals surface area contributed by atoms with Gasteiger partial charge in [-0.1, -0.05) is 102 Å². The molecule has 0 nitrogen and oxygen atoms in total. The standard InChI is InChI=1S/C30H28/c1-20-14-15-25(23-10-6-4-7-11-23)26(17-20)27-19-28(27)29-18-21(2)16-22(3)30(29)24-12-8-5-9-13-24/h4-18,27-28H,19H2,1-3H3. The van der Waals surface area contributed by atoms with Crippen LogP contribution in [0.1, 0.15) is 46.1 Å². The summed E-state index contributed by atoms with van der Waals surface area (Å²) in [6.45, 7) is 6.70. The molecule has 1 aliphatic rings. The maximum Gasteiger partial charge on any atom is -0.00803 e. The second-order valence-corrected chi connectivity index (χ2v) is 8.82. The van der Waals surface area contributed by atoms with Gasteiger partial charge in [-0.2, -0.15) is 0 Å². The molecule has 0 heteroatoms. The molecule has 4 aromatic carbocycles. The first-order valence-electron chi connectivity index (χ1n) is 10.9. The second kappa shape index (κ2) is 7.61. The van der Waals surface area contributed by atoms with E-state index < -0.39 is 0 Å². The van der Waals surface area contributed by atoms with E-state index in [1.54, 1.807) is 0 Å². The summed E-state index contributed by atoms with van der Waals surface area (Å²) in [4.78, 5) is 0. The quantitative estimate of drug-likeness (QED) is 0.330. The topological polar surface area (TPSA) is 0 Å². The molecule has 148 valence electrons. The van der Waals surface area contributed by atoms with Crippen molar-refractivity contribution in [2.75, 3.05) is 0 Å². The van der Waals surface area contributed by atoms with E-state index in [0.29, 0.717) is 11.8 Å². The molecule has 30 heavy (non-hydrogen) atoms. The zero-order valence-electron chi connectivity index (χ0n) is 18.0. The summed E-state index contributed by atoms with van der Waals surface area (Å²) in [7, 11) is 0. The van der Waals surface area contributed by atoms with E-state index in [1.807, 2.05) is 0 Å². The van der Waals surface area contributed by atoms with Crippen molar-refractivity contribution in [2.24, 2.45) is 0 Å². The Morgan fingerprint density at radius 2 is 1.17 bits per heavy atom. The Labute approximate surface area is 180 Å². The van der Waals surface area contributed by atoms with Gasteiger partial charge >= 0.3 is 0 Å². The van der Waals surface area contributed by atoms with Crippen LogP contribution in [0.25, 0.3) is 22.3 Å². The van der Waals surface area contributed by atoms with Crippen LogP contribution in [0.15, 0.2) is 91.0 Å². The van der Waals surface area contributed by atoms with Gasteiger partial charge in [0.2, 0.25) is 0 Å². The van der Waals surface area contributed by atoms with Crippen molar-refractivity contribution >= 4 is 0 Å². The summed E-state index contributed by atoms with van der Waals surface area (Å²) in [5.41, 5.74) is 12.6. The van der Waals surface area contributed by atoms with E-state index in [-0.39, 0.29) is 0 Å². The van der Waals surface area contributed by atoms with E-state index >= 15 is 0 Å². The molecule has 0 heterocycles. The first kappa shape index (κ1) is 18.9. The van der Waals surface area contributed by atoms with Crippen molar-refractivity contribution in [1.29, 1.82) is 0 Å². The first-order valence-corrected chi connectivity index (χ1v) is 10.9. The fourth-order valence-corrected chi connectivity index (χ4v) is 5.04. The Bertz CT molecular complexity index is 1190. The molecule has 0 saturated heterocycles. The zero-order chi connectivity index (χ0) is 20.7. The van der Waals surface area contributed by atoms with Crippen molar-refractivity contribution < 1.29 is 0 Å². The summed E-state index contributed by atoms with van der Waals surface area (Å²) >= 11 is 0. The molecule has 1 fully saturated rings. The fraction of sp³-hybridized carbons (Fsp3) is 0.200. The van der Waals surface area contributed by atoms with Gasteiger partial charge in [0.05, 0.1) is 0 Å². The van der Waals surface area contributed by atoms with Crippen LogP contribution in [0, 0.1) is 20.8 Å². The zero-order valence-corrected chi connectivity index (χ0v) is 18.0. The lowest BCUT2D eigenvalue weighted by Gasteiger charge is -2.16. The third-order valence-electron chi connectivity index (χ3n) is 6.45. The number of hydrogen-bond acceptors (Lipinski definition) is 0. The van der Waals surface area contributed by atoms with Crippen LogP contribution in [0.4, 0.5) is 0 Å². The van der Waals surface area contributed by atoms with Gasteiger partial charge in [-0.05, 0) is 78.0 Å². The molecular weight excluding hydrogens is 360 g/mol. The SMILES string of the molecule is Cc1ccc(-c2ccccc2)c(C2CC2c2cc(C)cc(C)c2-c2ccccc2)c1. The fourth-order valence-electron chi connectivity index (χ4n) is 5.04. The van der Waals surface area contributed by atoms with Gasteiger partial charge in [0, 0.05) is 0 Å². The predicted molar refractivity (Wildman–Crippen MR) is 128 cm³/mol. The molecule has 1 saturated carbocycles. The van der Waals surface area contributed by atoms with Crippen molar-refractivity contribution in [1.82, 2.24) is 0 Å². The maximum absolute atomic E-state index is 2.43. The summed E-state index contributed by atoms with van der Waals surface area (Å²) < 4.78 is 0. The number of hydrogen-bond donors (Lipinski definition) is 0. The van der Waals surface area contributed by atoms with Gasteiger partial charge < -0.3 is 0 Å². The van der Waals surface area contributed by atoms with Crippen molar-refractivity contribution in [3.63, 3.8) is 0 Å². The van der Waals surface area contributed by atoms with E-state index in [1.165, 1.54) is 56.5 Å². The van der Waals surface area contributed by atoms with E-state index in [4.69, 9.17) is 0 Å². The van der Waals surface area contributed by atoms with Gasteiger partial charge in [0.25, 0.3) is 0 Å². The van der Waals surface area contributed by atoms with Crippen LogP contribution in [0.5, 0.6) is 0 Å². The third kappa shape index (κ3) is 3.48. The minimum absolute atomic E-state index is 0.586. The van der Waals surface area contributed by atoms with Crippen molar-refractivity contribution in [3.8, 4) is 22.3 Å². The van der Waals surface area contributed by atoms with E-state index in [0.717, 1.165) is 0 Å². The summed E-state index contributed by atoms with van der Waals surface area (Å²) in [6, 6.07) is 33.5. The largest absolute Gasteiger partial charge is 0.0622 e. The molecule has 5 rings (SSSR count). The minimum atomic E-state index is 0.586. The van der Waals surface area contributed by atoms with Crippen LogP contribution in [0.3, 0.4) is 0 Å². The highest BCUT2D eigenvalue weighted by atomic mass is 14.5. The molecule has 2 atom stereocenters. The molecule has 0 bridgehead atoms. The Morgan fingerprint density at radius 1 is 0.567 bits per heavy atom. The first-order chi connectivity index (χ1) is 14.6. The van der Waals surface area contributed by atoms with Gasteiger partial charge in [0.15, 0.2) is 0 Å². The Kier molecular flexibility index (Phi) is 4.79. The molecule has 2 unspecified atom stereocenters. The van der Waals surface area contributed by atoms with Crippen LogP contribution in [-0.2, 0) is 0 Å². The molecule has 1 aliphatic carbocycles. The summed E-state index contributed by atoms with van der Waals surface area (Å²) in [6.07, 6.45) is 1.23.